The molecule has 0 spiro atoms. The molecule has 2 atom stereocenters. The molecule has 1 aliphatic rings. The molecule has 37 heavy (non-hydrogen) atoms. The van der Waals surface area contributed by atoms with E-state index in [9.17, 15) is 19.2 Å². The molecule has 3 N–H and O–H groups in total. The minimum Gasteiger partial charge on any atom is -0.491 e. The number of amidine groups is 1. The predicted molar refractivity (Wildman–Crippen MR) is 132 cm³/mol. The number of nitrogens with one attached hydrogen (secondary N) is 3. The summed E-state index contributed by atoms with van der Waals surface area (Å²) in [7, 11) is 0. The van der Waals surface area contributed by atoms with Gasteiger partial charge in [0.2, 0.25) is 12.7 Å². The average molecular weight is 512 g/mol. The Bertz CT molecular complexity index is 1130. The maximum absolute atomic E-state index is 12.1. The molecule has 196 valence electrons. The maximum atomic E-state index is 12.1. The number of esters is 2. The van der Waals surface area contributed by atoms with Gasteiger partial charge in [-0.2, -0.15) is 0 Å². The fourth-order valence-corrected chi connectivity index (χ4v) is 3.68. The summed E-state index contributed by atoms with van der Waals surface area (Å²) in [6.45, 7) is 2.97. The average Bonchev–Trinajstić information content (AvgIpc) is 3.21. The van der Waals surface area contributed by atoms with Crippen molar-refractivity contribution in [3.63, 3.8) is 0 Å². The molecule has 0 aromatic heterocycles. The van der Waals surface area contributed by atoms with E-state index >= 15 is 0 Å². The van der Waals surface area contributed by atoms with Crippen LogP contribution in [0.25, 0.3) is 11.1 Å². The molecular weight excluding hydrogens is 482 g/mol. The topological polar surface area (TPSA) is 153 Å². The van der Waals surface area contributed by atoms with Crippen molar-refractivity contribution in [1.29, 1.82) is 5.41 Å². The van der Waals surface area contributed by atoms with Crippen LogP contribution in [0.4, 0.5) is 4.79 Å². The van der Waals surface area contributed by atoms with Crippen LogP contribution in [0.5, 0.6) is 5.75 Å². The van der Waals surface area contributed by atoms with E-state index in [0.29, 0.717) is 17.7 Å². The first-order chi connectivity index (χ1) is 17.7. The van der Waals surface area contributed by atoms with Gasteiger partial charge in [0, 0.05) is 12.5 Å². The van der Waals surface area contributed by atoms with Gasteiger partial charge in [-0.05, 0) is 36.6 Å². The van der Waals surface area contributed by atoms with Crippen LogP contribution in [0.3, 0.4) is 0 Å². The third-order valence-electron chi connectivity index (χ3n) is 5.50. The molecule has 0 unspecified atom stereocenters. The van der Waals surface area contributed by atoms with E-state index in [4.69, 9.17) is 14.9 Å². The third-order valence-corrected chi connectivity index (χ3v) is 5.50. The maximum Gasteiger partial charge on any atom is 0.415 e. The summed E-state index contributed by atoms with van der Waals surface area (Å²) in [6, 6.07) is 14.2. The molecular formula is C26H29N3O8. The van der Waals surface area contributed by atoms with E-state index in [1.54, 1.807) is 19.1 Å². The van der Waals surface area contributed by atoms with Gasteiger partial charge in [-0.25, -0.2) is 4.79 Å². The largest absolute Gasteiger partial charge is 0.491 e. The van der Waals surface area contributed by atoms with E-state index < -0.39 is 24.8 Å². The molecule has 0 saturated carbocycles. The first kappa shape index (κ1) is 27.2. The number of carbonyl (C=O) groups excluding carboxylic acids is 4. The summed E-state index contributed by atoms with van der Waals surface area (Å²) in [5, 5.41) is 13.1. The lowest BCUT2D eigenvalue weighted by Gasteiger charge is -2.13. The van der Waals surface area contributed by atoms with Crippen LogP contribution in [-0.4, -0.2) is 55.8 Å². The predicted octanol–water partition coefficient (Wildman–Crippen LogP) is 2.76. The Hall–Kier alpha value is -4.41. The van der Waals surface area contributed by atoms with Crippen molar-refractivity contribution in [3.05, 3.63) is 54.1 Å². The van der Waals surface area contributed by atoms with E-state index in [2.05, 4.69) is 20.1 Å². The van der Waals surface area contributed by atoms with Gasteiger partial charge < -0.3 is 24.3 Å². The highest BCUT2D eigenvalue weighted by atomic mass is 16.7. The van der Waals surface area contributed by atoms with Gasteiger partial charge in [0.25, 0.3) is 0 Å². The Morgan fingerprint density at radius 1 is 1.00 bits per heavy atom. The second-order valence-corrected chi connectivity index (χ2v) is 8.25. The number of hydrogen-bond acceptors (Lipinski definition) is 9. The fourth-order valence-electron chi connectivity index (χ4n) is 3.68. The first-order valence-corrected chi connectivity index (χ1v) is 11.7. The molecule has 0 bridgehead atoms. The van der Waals surface area contributed by atoms with Gasteiger partial charge in [0.15, 0.2) is 0 Å². The molecule has 0 radical (unpaired) electrons. The molecule has 2 aromatic carbocycles. The Morgan fingerprint density at radius 2 is 1.65 bits per heavy atom. The Balaban J connectivity index is 1.47. The molecule has 11 heteroatoms. The van der Waals surface area contributed by atoms with E-state index in [1.807, 2.05) is 36.4 Å². The van der Waals surface area contributed by atoms with Crippen LogP contribution in [-0.2, 0) is 28.6 Å². The minimum absolute atomic E-state index is 0.0688. The van der Waals surface area contributed by atoms with Gasteiger partial charge in [-0.1, -0.05) is 36.4 Å². The molecule has 1 aliphatic heterocycles. The summed E-state index contributed by atoms with van der Waals surface area (Å²) in [6.07, 6.45) is -0.326. The molecule has 1 fully saturated rings. The van der Waals surface area contributed by atoms with Gasteiger partial charge >= 0.3 is 18.0 Å². The van der Waals surface area contributed by atoms with E-state index in [1.165, 1.54) is 6.92 Å². The number of alkyl carbamates (subject to hydrolysis) is 1. The molecule has 3 rings (SSSR count). The highest BCUT2D eigenvalue weighted by molar-refractivity contribution is 6.04. The number of hydrogen-bond donors (Lipinski definition) is 3. The van der Waals surface area contributed by atoms with E-state index in [0.717, 1.165) is 11.1 Å². The van der Waals surface area contributed by atoms with Crippen LogP contribution >= 0.6 is 0 Å². The Kier molecular flexibility index (Phi) is 9.59. The molecule has 2 aromatic rings. The summed E-state index contributed by atoms with van der Waals surface area (Å²) in [5.41, 5.74) is 2.28. The second kappa shape index (κ2) is 13.1. The summed E-state index contributed by atoms with van der Waals surface area (Å²) < 4.78 is 19.9. The van der Waals surface area contributed by atoms with Crippen LogP contribution in [0.1, 0.15) is 32.3 Å². The zero-order chi connectivity index (χ0) is 26.8. The smallest absolute Gasteiger partial charge is 0.415 e. The van der Waals surface area contributed by atoms with Gasteiger partial charge in [-0.3, -0.25) is 25.1 Å². The molecule has 0 aliphatic carbocycles. The van der Waals surface area contributed by atoms with E-state index in [-0.39, 0.29) is 43.4 Å². The van der Waals surface area contributed by atoms with Gasteiger partial charge in [0.05, 0.1) is 25.0 Å². The lowest BCUT2D eigenvalue weighted by molar-refractivity contribution is -0.149. The number of carbonyl (C=O) groups is 4. The number of amides is 2. The van der Waals surface area contributed by atoms with Gasteiger partial charge in [0.1, 0.15) is 18.2 Å². The highest BCUT2D eigenvalue weighted by Gasteiger charge is 2.34. The van der Waals surface area contributed by atoms with Crippen molar-refractivity contribution in [1.82, 2.24) is 10.6 Å². The van der Waals surface area contributed by atoms with Crippen molar-refractivity contribution >= 4 is 29.8 Å². The van der Waals surface area contributed by atoms with Crippen molar-refractivity contribution in [2.75, 3.05) is 20.0 Å². The zero-order valence-corrected chi connectivity index (χ0v) is 20.6. The fraction of sp³-hybridized carbons (Fsp3) is 0.346. The van der Waals surface area contributed by atoms with Crippen LogP contribution in [0.2, 0.25) is 0 Å². The zero-order valence-electron chi connectivity index (χ0n) is 20.6. The quantitative estimate of drug-likeness (QED) is 0.190. The summed E-state index contributed by atoms with van der Waals surface area (Å²) in [4.78, 5) is 46.1. The van der Waals surface area contributed by atoms with Crippen LogP contribution in [0, 0.1) is 11.3 Å². The number of benzene rings is 2. The summed E-state index contributed by atoms with van der Waals surface area (Å²) >= 11 is 0. The van der Waals surface area contributed by atoms with Crippen molar-refractivity contribution in [2.24, 2.45) is 5.92 Å². The molecule has 11 nitrogen and oxygen atoms in total. The third kappa shape index (κ3) is 8.34. The normalized spacial score (nSPS) is 16.3. The van der Waals surface area contributed by atoms with Crippen molar-refractivity contribution in [2.45, 2.75) is 32.7 Å². The standard InChI is InChI=1S/C26H29N3O8/c1-3-34-23(31)13-20-12-21(28-25(20)32)14-35-22-10-8-18(9-11-22)17-4-6-19(7-5-17)24(27)29-26(33)37-15-36-16(2)30/h4-11,20-21H,3,12-15H2,1-2H3,(H,28,32)(H2,27,29,33)/t20-,21-/m0/s1. The second-order valence-electron chi connectivity index (χ2n) is 8.25. The monoisotopic (exact) mass is 511 g/mol. The SMILES string of the molecule is CCOC(=O)C[C@@H]1C[C@@H](COc2ccc(-c3ccc(C(=N)NC(=O)OCOC(C)=O)cc3)cc2)NC1=O. The Labute approximate surface area is 213 Å². The molecule has 2 amide bonds. The number of rotatable bonds is 10. The number of ether oxygens (including phenoxy) is 4. The van der Waals surface area contributed by atoms with Gasteiger partial charge in [-0.15, -0.1) is 0 Å². The molecule has 1 heterocycles. The lowest BCUT2D eigenvalue weighted by atomic mass is 10.0. The van der Waals surface area contributed by atoms with Crippen LogP contribution < -0.4 is 15.4 Å². The molecule has 1 saturated heterocycles. The van der Waals surface area contributed by atoms with Crippen molar-refractivity contribution in [3.8, 4) is 16.9 Å². The lowest BCUT2D eigenvalue weighted by Crippen LogP contribution is -2.31. The Morgan fingerprint density at radius 3 is 2.27 bits per heavy atom. The first-order valence-electron chi connectivity index (χ1n) is 11.7. The van der Waals surface area contributed by atoms with Crippen LogP contribution in [0.15, 0.2) is 48.5 Å². The highest BCUT2D eigenvalue weighted by Crippen LogP contribution is 2.24. The minimum atomic E-state index is -0.905. The van der Waals surface area contributed by atoms with Crippen molar-refractivity contribution < 1.29 is 38.1 Å². The summed E-state index contributed by atoms with van der Waals surface area (Å²) in [5.74, 6) is -1.04.